The Kier molecular flexibility index (Phi) is 8.13. The highest BCUT2D eigenvalue weighted by Gasteiger charge is 2.37. The van der Waals surface area contributed by atoms with Gasteiger partial charge < -0.3 is 25.2 Å². The van der Waals surface area contributed by atoms with E-state index in [1.807, 2.05) is 0 Å². The fourth-order valence-electron chi connectivity index (χ4n) is 4.20. The second-order valence-corrected chi connectivity index (χ2v) is 8.20. The summed E-state index contributed by atoms with van der Waals surface area (Å²) in [7, 11) is 0. The molecule has 0 radical (unpaired) electrons. The molecular formula is C22H27F3N6O3. The third kappa shape index (κ3) is 7.22. The number of nitrogens with zero attached hydrogens (tertiary/aromatic N) is 2. The Morgan fingerprint density at radius 1 is 1.09 bits per heavy atom. The lowest BCUT2D eigenvalue weighted by molar-refractivity contribution is -0.274. The molecule has 9 nitrogen and oxygen atoms in total. The summed E-state index contributed by atoms with van der Waals surface area (Å²) in [4.78, 5) is 28.5. The Hall–Kier alpha value is -3.57. The fourth-order valence-corrected chi connectivity index (χ4v) is 4.20. The number of nitrogens with one attached hydrogen (secondary N) is 4. The van der Waals surface area contributed by atoms with Gasteiger partial charge in [-0.3, -0.25) is 15.6 Å². The van der Waals surface area contributed by atoms with Crippen LogP contribution in [0.15, 0.2) is 30.3 Å². The Labute approximate surface area is 194 Å². The third-order valence-corrected chi connectivity index (χ3v) is 5.91. The second-order valence-electron chi connectivity index (χ2n) is 8.20. The Bertz CT molecular complexity index is 919. The fraction of sp³-hybridized carbons (Fsp3) is 0.455. The molecule has 12 heteroatoms. The zero-order valence-corrected chi connectivity index (χ0v) is 18.4. The quantitative estimate of drug-likeness (QED) is 0.284. The van der Waals surface area contributed by atoms with Crippen LogP contribution in [0, 0.1) is 22.7 Å². The molecule has 0 spiro atoms. The molecule has 2 fully saturated rings. The van der Waals surface area contributed by atoms with E-state index in [-0.39, 0.29) is 41.9 Å². The number of urea groups is 1. The summed E-state index contributed by atoms with van der Waals surface area (Å²) in [5.41, 5.74) is 0.583. The number of halogens is 3. The molecule has 2 heterocycles. The van der Waals surface area contributed by atoms with Crippen LogP contribution >= 0.6 is 0 Å². The molecule has 0 aliphatic carbocycles. The van der Waals surface area contributed by atoms with E-state index in [1.54, 1.807) is 15.9 Å². The molecule has 34 heavy (non-hydrogen) atoms. The number of amidine groups is 1. The molecule has 2 unspecified atom stereocenters. The van der Waals surface area contributed by atoms with Crippen LogP contribution in [-0.2, 0) is 4.79 Å². The van der Waals surface area contributed by atoms with E-state index in [2.05, 4.69) is 15.4 Å². The van der Waals surface area contributed by atoms with Crippen LogP contribution in [-0.4, -0.2) is 73.0 Å². The summed E-state index contributed by atoms with van der Waals surface area (Å²) in [6.45, 7) is 2.32. The van der Waals surface area contributed by atoms with Crippen molar-refractivity contribution in [2.24, 2.45) is 11.8 Å². The van der Waals surface area contributed by atoms with Gasteiger partial charge in [0.2, 0.25) is 5.91 Å². The molecule has 0 bridgehead atoms. The van der Waals surface area contributed by atoms with Gasteiger partial charge in [-0.25, -0.2) is 4.79 Å². The number of ether oxygens (including phenoxy) is 1. The number of fused-ring (bicyclic) bond motifs is 1. The van der Waals surface area contributed by atoms with E-state index in [0.717, 1.165) is 19.2 Å². The Morgan fingerprint density at radius 2 is 1.71 bits per heavy atom. The minimum atomic E-state index is -4.75. The zero-order valence-electron chi connectivity index (χ0n) is 18.4. The monoisotopic (exact) mass is 480 g/mol. The number of rotatable bonds is 6. The van der Waals surface area contributed by atoms with Crippen LogP contribution in [0.2, 0.25) is 0 Å². The molecule has 184 valence electrons. The van der Waals surface area contributed by atoms with Crippen molar-refractivity contribution in [3.8, 4) is 5.75 Å². The maximum Gasteiger partial charge on any atom is 0.573 e. The van der Waals surface area contributed by atoms with E-state index in [9.17, 15) is 22.8 Å². The number of amides is 3. The molecule has 2 saturated heterocycles. The third-order valence-electron chi connectivity index (χ3n) is 5.91. The van der Waals surface area contributed by atoms with Crippen molar-refractivity contribution in [3.05, 3.63) is 35.9 Å². The number of benzene rings is 1. The first-order chi connectivity index (χ1) is 16.1. The SMILES string of the molecule is N=CNC(=N)CNC(=O)N1CC2CCN(C(=O)/C=C/c3ccc(OC(F)(F)F)cc3)CCC2C1. The lowest BCUT2D eigenvalue weighted by Crippen LogP contribution is -2.43. The number of hydrogen-bond donors (Lipinski definition) is 4. The topological polar surface area (TPSA) is 122 Å². The molecule has 2 aliphatic heterocycles. The minimum Gasteiger partial charge on any atom is -0.406 e. The van der Waals surface area contributed by atoms with Crippen molar-refractivity contribution in [2.75, 3.05) is 32.7 Å². The molecule has 0 saturated carbocycles. The van der Waals surface area contributed by atoms with Crippen LogP contribution in [0.1, 0.15) is 18.4 Å². The number of carbonyl (C=O) groups is 2. The van der Waals surface area contributed by atoms with Gasteiger partial charge in [0.15, 0.2) is 0 Å². The van der Waals surface area contributed by atoms with Crippen molar-refractivity contribution in [3.63, 3.8) is 0 Å². The van der Waals surface area contributed by atoms with Gasteiger partial charge in [0, 0.05) is 32.3 Å². The number of hydrogen-bond acceptors (Lipinski definition) is 5. The summed E-state index contributed by atoms with van der Waals surface area (Å²) in [5, 5.41) is 19.5. The predicted molar refractivity (Wildman–Crippen MR) is 120 cm³/mol. The predicted octanol–water partition coefficient (Wildman–Crippen LogP) is 2.65. The summed E-state index contributed by atoms with van der Waals surface area (Å²) < 4.78 is 40.6. The normalized spacial score (nSPS) is 20.4. The molecule has 2 atom stereocenters. The maximum atomic E-state index is 12.6. The number of carbonyl (C=O) groups excluding carboxylic acids is 2. The molecular weight excluding hydrogens is 453 g/mol. The lowest BCUT2D eigenvalue weighted by atomic mass is 9.92. The van der Waals surface area contributed by atoms with E-state index in [1.165, 1.54) is 30.3 Å². The highest BCUT2D eigenvalue weighted by atomic mass is 19.4. The molecule has 1 aromatic carbocycles. The molecule has 0 aromatic heterocycles. The first kappa shape index (κ1) is 25.1. The summed E-state index contributed by atoms with van der Waals surface area (Å²) >= 11 is 0. The number of likely N-dealkylation sites (tertiary alicyclic amines) is 2. The van der Waals surface area contributed by atoms with Crippen molar-refractivity contribution in [1.82, 2.24) is 20.4 Å². The standard InChI is InChI=1S/C22H27F3N6O3/c23-22(24,25)34-18-4-1-15(2-5-18)3-6-20(32)30-9-7-16-12-31(13-17(16)8-10-30)21(33)28-11-19(27)29-14-26/h1-6,14,16-17H,7-13H2,(H,28,33)(H3,26,27,29)/b6-3+. The lowest BCUT2D eigenvalue weighted by Gasteiger charge is -2.21. The molecule has 4 N–H and O–H groups in total. The van der Waals surface area contributed by atoms with Gasteiger partial charge in [0.25, 0.3) is 0 Å². The van der Waals surface area contributed by atoms with Crippen molar-refractivity contribution in [2.45, 2.75) is 19.2 Å². The van der Waals surface area contributed by atoms with Crippen molar-refractivity contribution < 1.29 is 27.5 Å². The minimum absolute atomic E-state index is 0.0206. The van der Waals surface area contributed by atoms with E-state index < -0.39 is 6.36 Å². The molecule has 2 aliphatic rings. The van der Waals surface area contributed by atoms with E-state index in [0.29, 0.717) is 31.7 Å². The van der Waals surface area contributed by atoms with E-state index >= 15 is 0 Å². The van der Waals surface area contributed by atoms with Crippen LogP contribution in [0.5, 0.6) is 5.75 Å². The molecule has 1 aromatic rings. The van der Waals surface area contributed by atoms with Gasteiger partial charge in [-0.1, -0.05) is 12.1 Å². The average Bonchev–Trinajstić information content (AvgIpc) is 3.09. The first-order valence-corrected chi connectivity index (χ1v) is 10.8. The highest BCUT2D eigenvalue weighted by molar-refractivity contribution is 5.92. The van der Waals surface area contributed by atoms with Crippen LogP contribution < -0.4 is 15.4 Å². The van der Waals surface area contributed by atoms with Gasteiger partial charge in [-0.05, 0) is 48.4 Å². The summed E-state index contributed by atoms with van der Waals surface area (Å²) in [6.07, 6.45) is 0.640. The average molecular weight is 480 g/mol. The van der Waals surface area contributed by atoms with Crippen molar-refractivity contribution in [1.29, 1.82) is 10.8 Å². The molecule has 3 rings (SSSR count). The summed E-state index contributed by atoms with van der Waals surface area (Å²) in [5.74, 6) is 0.117. The van der Waals surface area contributed by atoms with Crippen LogP contribution in [0.4, 0.5) is 18.0 Å². The van der Waals surface area contributed by atoms with Gasteiger partial charge >= 0.3 is 12.4 Å². The van der Waals surface area contributed by atoms with Crippen molar-refractivity contribution >= 4 is 30.2 Å². The smallest absolute Gasteiger partial charge is 0.406 e. The van der Waals surface area contributed by atoms with Gasteiger partial charge in [0.05, 0.1) is 12.9 Å². The van der Waals surface area contributed by atoms with Crippen LogP contribution in [0.3, 0.4) is 0 Å². The largest absolute Gasteiger partial charge is 0.573 e. The second kappa shape index (κ2) is 11.0. The summed E-state index contributed by atoms with van der Waals surface area (Å²) in [6, 6.07) is 5.03. The first-order valence-electron chi connectivity index (χ1n) is 10.8. The van der Waals surface area contributed by atoms with E-state index in [4.69, 9.17) is 10.8 Å². The maximum absolute atomic E-state index is 12.6. The number of alkyl halides is 3. The Morgan fingerprint density at radius 3 is 2.26 bits per heavy atom. The zero-order chi connectivity index (χ0) is 24.7. The van der Waals surface area contributed by atoms with Gasteiger partial charge in [0.1, 0.15) is 11.6 Å². The van der Waals surface area contributed by atoms with Gasteiger partial charge in [-0.2, -0.15) is 0 Å². The Balaban J connectivity index is 1.46. The highest BCUT2D eigenvalue weighted by Crippen LogP contribution is 2.32. The van der Waals surface area contributed by atoms with Gasteiger partial charge in [-0.15, -0.1) is 13.2 Å². The van der Waals surface area contributed by atoms with Crippen LogP contribution in [0.25, 0.3) is 6.08 Å². The molecule has 3 amide bonds.